The van der Waals surface area contributed by atoms with Crippen molar-refractivity contribution in [2.75, 3.05) is 21.2 Å². The number of aromatic hydroxyl groups is 2. The van der Waals surface area contributed by atoms with E-state index in [1.54, 1.807) is 20.8 Å². The molecular formula is C43H53NO16. The second kappa shape index (κ2) is 16.9. The molecule has 3 N–H and O–H groups in total. The second-order valence-corrected chi connectivity index (χ2v) is 16.6. The zero-order chi connectivity index (χ0) is 43.5. The average molecular weight is 840 g/mol. The number of nitrogens with zero attached hydrogens (tertiary/aromatic N) is 1. The molecule has 0 saturated carbocycles. The summed E-state index contributed by atoms with van der Waals surface area (Å²) in [6.07, 6.45) is -7.76. The van der Waals surface area contributed by atoms with Crippen molar-refractivity contribution in [2.24, 2.45) is 0 Å². The third-order valence-corrected chi connectivity index (χ3v) is 12.3. The van der Waals surface area contributed by atoms with Gasteiger partial charge in [0, 0.05) is 68.2 Å². The van der Waals surface area contributed by atoms with Gasteiger partial charge in [0.2, 0.25) is 5.78 Å². The van der Waals surface area contributed by atoms with Crippen molar-refractivity contribution in [1.29, 1.82) is 0 Å². The molecule has 3 aliphatic heterocycles. The number of carbonyl (C=O) groups excluding carboxylic acids is 5. The lowest BCUT2D eigenvalue weighted by Crippen LogP contribution is -2.58. The van der Waals surface area contributed by atoms with Crippen molar-refractivity contribution in [1.82, 2.24) is 4.90 Å². The lowest BCUT2D eigenvalue weighted by molar-refractivity contribution is -0.325. The number of carbonyl (C=O) groups is 5. The maximum absolute atomic E-state index is 14.1. The number of rotatable bonds is 10. The summed E-state index contributed by atoms with van der Waals surface area (Å²) in [7, 11) is 5.03. The highest BCUT2D eigenvalue weighted by atomic mass is 16.7. The Hall–Kier alpha value is -4.33. The SMILES string of the molecule is COc1cccc2c1C(=O)c1c(O)c3c(c(O)c1C2=O)CC(O)(C(C)=O)CC3OC1CC(N(C)C)C(OC2CC(OC(C)=O)C(OC3CCC(=O)C(C)O3)C(C)O2)C(C)O1. The number of likely N-dealkylation sites (N-methyl/N-ethyl adjacent to an activating group) is 1. The normalized spacial score (nSPS) is 34.1. The van der Waals surface area contributed by atoms with E-state index in [0.29, 0.717) is 12.8 Å². The summed E-state index contributed by atoms with van der Waals surface area (Å²) < 4.78 is 48.9. The lowest BCUT2D eigenvalue weighted by Gasteiger charge is -2.47. The monoisotopic (exact) mass is 839 g/mol. The van der Waals surface area contributed by atoms with Gasteiger partial charge in [-0.15, -0.1) is 0 Å². The number of benzene rings is 2. The number of hydrogen-bond donors (Lipinski definition) is 3. The first-order chi connectivity index (χ1) is 28.3. The van der Waals surface area contributed by atoms with Crippen molar-refractivity contribution in [3.8, 4) is 17.2 Å². The first-order valence-electron chi connectivity index (χ1n) is 20.2. The minimum absolute atomic E-state index is 0.0150. The van der Waals surface area contributed by atoms with Crippen LogP contribution < -0.4 is 4.74 Å². The Morgan fingerprint density at radius 1 is 0.833 bits per heavy atom. The fourth-order valence-electron chi connectivity index (χ4n) is 9.19. The molecule has 0 spiro atoms. The largest absolute Gasteiger partial charge is 0.507 e. The molecule has 0 aromatic heterocycles. The van der Waals surface area contributed by atoms with Gasteiger partial charge in [-0.25, -0.2) is 0 Å². The van der Waals surface area contributed by atoms with E-state index in [9.17, 15) is 39.3 Å². The molecule has 7 rings (SSSR count). The number of hydrogen-bond acceptors (Lipinski definition) is 17. The molecule has 2 aliphatic carbocycles. The van der Waals surface area contributed by atoms with E-state index < -0.39 is 126 Å². The predicted molar refractivity (Wildman–Crippen MR) is 207 cm³/mol. The number of ketones is 4. The molecule has 12 atom stereocenters. The quantitative estimate of drug-likeness (QED) is 0.197. The summed E-state index contributed by atoms with van der Waals surface area (Å²) >= 11 is 0. The standard InChI is InChI=1S/C43H53NO16/c1-18-26(47)12-13-30(54-18)59-42-20(3)56-32(15-28(42)57-22(5)46)60-41-19(2)55-31(14-25(41)44(6)7)58-29-17-43(52,21(4)45)16-24-34(29)40(51)36-35(38(24)49)37(48)23-10-9-11-27(53-8)33(23)39(36)50/h9-11,18-20,25,28-32,41-42,49,51-52H,12-17H2,1-8H3. The number of esters is 1. The number of phenolic OH excluding ortho intramolecular Hbond substituents is 2. The van der Waals surface area contributed by atoms with Crippen LogP contribution in [0.1, 0.15) is 116 Å². The Kier molecular flexibility index (Phi) is 12.3. The van der Waals surface area contributed by atoms with E-state index in [2.05, 4.69) is 0 Å². The van der Waals surface area contributed by atoms with Gasteiger partial charge in [-0.2, -0.15) is 0 Å². The van der Waals surface area contributed by atoms with Gasteiger partial charge in [-0.3, -0.25) is 24.0 Å². The Labute approximate surface area is 347 Å². The summed E-state index contributed by atoms with van der Waals surface area (Å²) in [6, 6.07) is 4.05. The zero-order valence-electron chi connectivity index (χ0n) is 34.9. The fraction of sp³-hybridized carbons (Fsp3) is 0.605. The molecular weight excluding hydrogens is 786 g/mol. The Balaban J connectivity index is 1.13. The van der Waals surface area contributed by atoms with Gasteiger partial charge in [0.1, 0.15) is 47.3 Å². The van der Waals surface area contributed by atoms with E-state index in [0.717, 1.165) is 0 Å². The molecule has 0 bridgehead atoms. The minimum Gasteiger partial charge on any atom is -0.507 e. The van der Waals surface area contributed by atoms with Gasteiger partial charge >= 0.3 is 5.97 Å². The highest BCUT2D eigenvalue weighted by molar-refractivity contribution is 6.31. The maximum Gasteiger partial charge on any atom is 0.302 e. The highest BCUT2D eigenvalue weighted by Crippen LogP contribution is 2.53. The fourth-order valence-corrected chi connectivity index (χ4v) is 9.19. The average Bonchev–Trinajstić information content (AvgIpc) is 3.18. The molecule has 3 fully saturated rings. The van der Waals surface area contributed by atoms with Gasteiger partial charge in [-0.05, 0) is 47.9 Å². The number of aliphatic hydroxyl groups is 1. The van der Waals surface area contributed by atoms with Crippen LogP contribution in [0.3, 0.4) is 0 Å². The third-order valence-electron chi connectivity index (χ3n) is 12.3. The van der Waals surface area contributed by atoms with E-state index in [1.165, 1.54) is 39.2 Å². The van der Waals surface area contributed by atoms with Crippen molar-refractivity contribution >= 4 is 29.1 Å². The third kappa shape index (κ3) is 7.97. The number of ether oxygens (including phenoxy) is 8. The van der Waals surface area contributed by atoms with Crippen LogP contribution >= 0.6 is 0 Å². The lowest BCUT2D eigenvalue weighted by atomic mass is 9.72. The van der Waals surface area contributed by atoms with Crippen LogP contribution in [0.5, 0.6) is 17.2 Å². The van der Waals surface area contributed by atoms with E-state index in [4.69, 9.17) is 37.9 Å². The number of phenols is 2. The van der Waals surface area contributed by atoms with Gasteiger partial charge < -0.3 is 58.1 Å². The van der Waals surface area contributed by atoms with Crippen LogP contribution in [0.4, 0.5) is 0 Å². The molecule has 17 nitrogen and oxygen atoms in total. The van der Waals surface area contributed by atoms with Gasteiger partial charge in [-0.1, -0.05) is 12.1 Å². The molecule has 17 heteroatoms. The summed E-state index contributed by atoms with van der Waals surface area (Å²) in [5.41, 5.74) is -3.22. The number of fused-ring (bicyclic) bond motifs is 3. The predicted octanol–water partition coefficient (Wildman–Crippen LogP) is 3.20. The molecule has 3 heterocycles. The Morgan fingerprint density at radius 3 is 2.12 bits per heavy atom. The number of Topliss-reactive ketones (excluding diaryl/α,β-unsaturated/α-hetero) is 2. The topological polar surface area (TPSA) is 223 Å². The first-order valence-corrected chi connectivity index (χ1v) is 20.2. The van der Waals surface area contributed by atoms with Crippen molar-refractivity contribution < 1.29 is 77.2 Å². The first kappa shape index (κ1) is 43.7. The van der Waals surface area contributed by atoms with E-state index in [1.807, 2.05) is 19.0 Å². The Morgan fingerprint density at radius 2 is 1.48 bits per heavy atom. The van der Waals surface area contributed by atoms with E-state index in [-0.39, 0.29) is 53.0 Å². The van der Waals surface area contributed by atoms with Crippen LogP contribution in [0.25, 0.3) is 0 Å². The molecule has 0 amide bonds. The molecule has 12 unspecified atom stereocenters. The maximum atomic E-state index is 14.1. The van der Waals surface area contributed by atoms with Crippen molar-refractivity contribution in [2.45, 2.75) is 146 Å². The molecule has 60 heavy (non-hydrogen) atoms. The van der Waals surface area contributed by atoms with Crippen LogP contribution in [-0.2, 0) is 54.0 Å². The minimum atomic E-state index is -2.07. The van der Waals surface area contributed by atoms with Crippen LogP contribution in [0, 0.1) is 0 Å². The van der Waals surface area contributed by atoms with Gasteiger partial charge in [0.05, 0.1) is 42.1 Å². The van der Waals surface area contributed by atoms with E-state index >= 15 is 0 Å². The summed E-state index contributed by atoms with van der Waals surface area (Å²) in [4.78, 5) is 67.1. The van der Waals surface area contributed by atoms with Gasteiger partial charge in [0.15, 0.2) is 36.2 Å². The molecule has 2 aromatic rings. The smallest absolute Gasteiger partial charge is 0.302 e. The summed E-state index contributed by atoms with van der Waals surface area (Å²) in [5, 5.41) is 35.3. The summed E-state index contributed by atoms with van der Waals surface area (Å²) in [5.74, 6) is -3.82. The zero-order valence-corrected chi connectivity index (χ0v) is 34.9. The Bertz CT molecular complexity index is 2070. The van der Waals surface area contributed by atoms with Crippen molar-refractivity contribution in [3.05, 3.63) is 51.6 Å². The summed E-state index contributed by atoms with van der Waals surface area (Å²) in [6.45, 7) is 7.71. The van der Waals surface area contributed by atoms with Crippen LogP contribution in [0.2, 0.25) is 0 Å². The molecule has 326 valence electrons. The molecule has 5 aliphatic rings. The second-order valence-electron chi connectivity index (χ2n) is 16.6. The van der Waals surface area contributed by atoms with Crippen LogP contribution in [0.15, 0.2) is 18.2 Å². The van der Waals surface area contributed by atoms with Crippen LogP contribution in [-0.4, -0.2) is 138 Å². The molecule has 3 saturated heterocycles. The number of methoxy groups -OCH3 is 1. The molecule has 0 radical (unpaired) electrons. The van der Waals surface area contributed by atoms with Crippen molar-refractivity contribution in [3.63, 3.8) is 0 Å². The highest BCUT2D eigenvalue weighted by Gasteiger charge is 2.51. The molecule has 2 aromatic carbocycles. The van der Waals surface area contributed by atoms with Gasteiger partial charge in [0.25, 0.3) is 0 Å².